The number of amides is 1. The molecular weight excluding hydrogens is 316 g/mol. The number of hydrogen-bond acceptors (Lipinski definition) is 4. The topological polar surface area (TPSA) is 72.4 Å². The zero-order chi connectivity index (χ0) is 16.2. The SMILES string of the molecule is Cc1nn(-c2ccccc2)c(Cl)c1C=NNC(=O)c1ccco1. The maximum Gasteiger partial charge on any atom is 0.307 e. The fourth-order valence-electron chi connectivity index (χ4n) is 2.02. The molecule has 3 aromatic rings. The smallest absolute Gasteiger partial charge is 0.307 e. The number of rotatable bonds is 4. The van der Waals surface area contributed by atoms with E-state index in [4.69, 9.17) is 16.0 Å². The molecule has 1 amide bonds. The molecule has 6 nitrogen and oxygen atoms in total. The van der Waals surface area contributed by atoms with Crippen LogP contribution in [0.15, 0.2) is 58.2 Å². The third-order valence-corrected chi connectivity index (χ3v) is 3.52. The summed E-state index contributed by atoms with van der Waals surface area (Å²) in [6, 6.07) is 12.7. The van der Waals surface area contributed by atoms with Gasteiger partial charge in [0.1, 0.15) is 5.15 Å². The van der Waals surface area contributed by atoms with Crippen molar-refractivity contribution in [3.63, 3.8) is 0 Å². The number of furan rings is 1. The number of halogens is 1. The molecular formula is C16H13ClN4O2. The van der Waals surface area contributed by atoms with E-state index in [1.165, 1.54) is 12.5 Å². The Morgan fingerprint density at radius 1 is 1.30 bits per heavy atom. The lowest BCUT2D eigenvalue weighted by atomic mass is 10.3. The molecule has 0 aliphatic rings. The number of carbonyl (C=O) groups excluding carboxylic acids is 1. The highest BCUT2D eigenvalue weighted by Crippen LogP contribution is 2.21. The van der Waals surface area contributed by atoms with E-state index in [0.717, 1.165) is 5.69 Å². The Morgan fingerprint density at radius 2 is 2.09 bits per heavy atom. The number of hydrazone groups is 1. The summed E-state index contributed by atoms with van der Waals surface area (Å²) in [7, 11) is 0. The monoisotopic (exact) mass is 328 g/mol. The van der Waals surface area contributed by atoms with E-state index in [9.17, 15) is 4.79 Å². The van der Waals surface area contributed by atoms with Gasteiger partial charge in [-0.3, -0.25) is 4.79 Å². The van der Waals surface area contributed by atoms with Gasteiger partial charge in [0.2, 0.25) is 0 Å². The summed E-state index contributed by atoms with van der Waals surface area (Å²) in [4.78, 5) is 11.7. The highest BCUT2D eigenvalue weighted by Gasteiger charge is 2.13. The third-order valence-electron chi connectivity index (χ3n) is 3.15. The van der Waals surface area contributed by atoms with Crippen molar-refractivity contribution in [1.29, 1.82) is 0 Å². The summed E-state index contributed by atoms with van der Waals surface area (Å²) in [5, 5.41) is 8.72. The molecule has 0 fully saturated rings. The largest absolute Gasteiger partial charge is 0.459 e. The van der Waals surface area contributed by atoms with Crippen molar-refractivity contribution in [3.8, 4) is 5.69 Å². The van der Waals surface area contributed by atoms with Crippen LogP contribution < -0.4 is 5.43 Å². The van der Waals surface area contributed by atoms with Crippen LogP contribution in [0.4, 0.5) is 0 Å². The van der Waals surface area contributed by atoms with E-state index in [-0.39, 0.29) is 5.76 Å². The first-order valence-electron chi connectivity index (χ1n) is 6.84. The third kappa shape index (κ3) is 3.17. The van der Waals surface area contributed by atoms with Crippen LogP contribution in [-0.2, 0) is 0 Å². The number of aromatic nitrogens is 2. The Balaban J connectivity index is 1.80. The molecule has 1 N–H and O–H groups in total. The van der Waals surface area contributed by atoms with Crippen LogP contribution in [-0.4, -0.2) is 21.9 Å². The number of benzene rings is 1. The van der Waals surface area contributed by atoms with Gasteiger partial charge in [-0.2, -0.15) is 10.2 Å². The van der Waals surface area contributed by atoms with Crippen molar-refractivity contribution < 1.29 is 9.21 Å². The zero-order valence-electron chi connectivity index (χ0n) is 12.2. The fourth-order valence-corrected chi connectivity index (χ4v) is 2.34. The molecule has 7 heteroatoms. The first kappa shape index (κ1) is 15.1. The van der Waals surface area contributed by atoms with Crippen molar-refractivity contribution in [2.75, 3.05) is 0 Å². The van der Waals surface area contributed by atoms with E-state index in [1.54, 1.807) is 16.8 Å². The lowest BCUT2D eigenvalue weighted by Crippen LogP contribution is -2.16. The summed E-state index contributed by atoms with van der Waals surface area (Å²) in [5.74, 6) is -0.250. The molecule has 0 saturated heterocycles. The van der Waals surface area contributed by atoms with E-state index < -0.39 is 5.91 Å². The van der Waals surface area contributed by atoms with Gasteiger partial charge in [0.15, 0.2) is 5.76 Å². The molecule has 0 aliphatic carbocycles. The van der Waals surface area contributed by atoms with Gasteiger partial charge in [-0.05, 0) is 31.2 Å². The Hall–Kier alpha value is -2.86. The summed E-state index contributed by atoms with van der Waals surface area (Å²) in [6.45, 7) is 1.82. The van der Waals surface area contributed by atoms with Gasteiger partial charge in [-0.25, -0.2) is 10.1 Å². The average Bonchev–Trinajstić information content (AvgIpc) is 3.19. The van der Waals surface area contributed by atoms with Crippen LogP contribution in [0.1, 0.15) is 21.8 Å². The minimum atomic E-state index is -0.435. The lowest BCUT2D eigenvalue weighted by molar-refractivity contribution is 0.0927. The minimum absolute atomic E-state index is 0.185. The molecule has 3 rings (SSSR count). The number of para-hydroxylation sites is 1. The standard InChI is InChI=1S/C16H13ClN4O2/c1-11-13(10-18-19-16(22)14-8-5-9-23-14)15(17)21(20-11)12-6-3-2-4-7-12/h2-10H,1H3,(H,19,22). The zero-order valence-corrected chi connectivity index (χ0v) is 13.0. The van der Waals surface area contributed by atoms with E-state index in [0.29, 0.717) is 16.4 Å². The second kappa shape index (κ2) is 6.50. The predicted molar refractivity (Wildman–Crippen MR) is 87.1 cm³/mol. The molecule has 0 unspecified atom stereocenters. The van der Waals surface area contributed by atoms with Crippen molar-refractivity contribution in [3.05, 3.63) is 70.9 Å². The van der Waals surface area contributed by atoms with Crippen molar-refractivity contribution in [2.24, 2.45) is 5.10 Å². The Labute approximate surface area is 137 Å². The van der Waals surface area contributed by atoms with E-state index >= 15 is 0 Å². The second-order valence-corrected chi connectivity index (χ2v) is 5.07. The number of aryl methyl sites for hydroxylation is 1. The highest BCUT2D eigenvalue weighted by atomic mass is 35.5. The average molecular weight is 329 g/mol. The highest BCUT2D eigenvalue weighted by molar-refractivity contribution is 6.32. The summed E-state index contributed by atoms with van der Waals surface area (Å²) in [5.41, 5.74) is 4.56. The molecule has 0 bridgehead atoms. The van der Waals surface area contributed by atoms with Gasteiger partial charge in [0.05, 0.1) is 29.4 Å². The fraction of sp³-hybridized carbons (Fsp3) is 0.0625. The maximum absolute atomic E-state index is 11.7. The first-order valence-corrected chi connectivity index (χ1v) is 7.22. The Bertz CT molecular complexity index is 839. The second-order valence-electron chi connectivity index (χ2n) is 4.71. The summed E-state index contributed by atoms with van der Waals surface area (Å²) in [6.07, 6.45) is 2.88. The first-order chi connectivity index (χ1) is 11.2. The van der Waals surface area contributed by atoms with Crippen LogP contribution in [0.2, 0.25) is 5.15 Å². The molecule has 0 atom stereocenters. The van der Waals surface area contributed by atoms with Crippen molar-refractivity contribution >= 4 is 23.7 Å². The normalized spacial score (nSPS) is 11.0. The number of hydrogen-bond donors (Lipinski definition) is 1. The molecule has 0 saturated carbocycles. The van der Waals surface area contributed by atoms with Gasteiger partial charge >= 0.3 is 5.91 Å². The van der Waals surface area contributed by atoms with Gasteiger partial charge < -0.3 is 4.42 Å². The summed E-state index contributed by atoms with van der Waals surface area (Å²) < 4.78 is 6.60. The van der Waals surface area contributed by atoms with Crippen molar-refractivity contribution in [1.82, 2.24) is 15.2 Å². The van der Waals surface area contributed by atoms with E-state index in [1.807, 2.05) is 37.3 Å². The number of nitrogens with zero attached hydrogens (tertiary/aromatic N) is 3. The predicted octanol–water partition coefficient (Wildman–Crippen LogP) is 3.19. The van der Waals surface area contributed by atoms with Gasteiger partial charge in [0.25, 0.3) is 0 Å². The van der Waals surface area contributed by atoms with Gasteiger partial charge in [-0.15, -0.1) is 0 Å². The quantitative estimate of drug-likeness (QED) is 0.590. The molecule has 2 aromatic heterocycles. The van der Waals surface area contributed by atoms with Crippen molar-refractivity contribution in [2.45, 2.75) is 6.92 Å². The van der Waals surface area contributed by atoms with Gasteiger partial charge in [-0.1, -0.05) is 29.8 Å². The lowest BCUT2D eigenvalue weighted by Gasteiger charge is -2.01. The van der Waals surface area contributed by atoms with E-state index in [2.05, 4.69) is 15.6 Å². The molecule has 2 heterocycles. The molecule has 0 spiro atoms. The van der Waals surface area contributed by atoms with Crippen LogP contribution in [0, 0.1) is 6.92 Å². The maximum atomic E-state index is 11.7. The van der Waals surface area contributed by atoms with Gasteiger partial charge in [0, 0.05) is 0 Å². The molecule has 1 aromatic carbocycles. The molecule has 116 valence electrons. The Morgan fingerprint density at radius 3 is 2.78 bits per heavy atom. The molecule has 0 aliphatic heterocycles. The van der Waals surface area contributed by atoms with Crippen LogP contribution in [0.25, 0.3) is 5.69 Å². The molecule has 0 radical (unpaired) electrons. The van der Waals surface area contributed by atoms with Crippen LogP contribution in [0.5, 0.6) is 0 Å². The molecule has 23 heavy (non-hydrogen) atoms. The summed E-state index contributed by atoms with van der Waals surface area (Å²) >= 11 is 6.36. The minimum Gasteiger partial charge on any atom is -0.459 e. The number of carbonyl (C=O) groups is 1. The van der Waals surface area contributed by atoms with Crippen LogP contribution >= 0.6 is 11.6 Å². The Kier molecular flexibility index (Phi) is 4.25. The van der Waals surface area contributed by atoms with Crippen LogP contribution in [0.3, 0.4) is 0 Å². The number of nitrogens with one attached hydrogen (secondary N) is 1.